The lowest BCUT2D eigenvalue weighted by atomic mass is 9.65. The molecule has 37 heavy (non-hydrogen) atoms. The van der Waals surface area contributed by atoms with Crippen LogP contribution in [0.5, 0.6) is 0 Å². The normalized spacial score (nSPS) is 16.5. The molecule has 0 aliphatic heterocycles. The van der Waals surface area contributed by atoms with E-state index < -0.39 is 5.41 Å². The summed E-state index contributed by atoms with van der Waals surface area (Å²) in [5.74, 6) is 0. The van der Waals surface area contributed by atoms with Crippen molar-refractivity contribution >= 4 is 26.7 Å². The summed E-state index contributed by atoms with van der Waals surface area (Å²) >= 11 is 3.81. The third kappa shape index (κ3) is 2.73. The minimum Gasteiger partial charge on any atom is -0.0619 e. The van der Waals surface area contributed by atoms with Gasteiger partial charge in [-0.3, -0.25) is 0 Å². The van der Waals surface area contributed by atoms with Crippen LogP contribution in [0, 0.1) is 6.92 Å². The summed E-state index contributed by atoms with van der Waals surface area (Å²) in [6, 6.07) is 45.5. The Balaban J connectivity index is 1.66. The fraction of sp³-hybridized carbons (Fsp3) is 0.0556. The summed E-state index contributed by atoms with van der Waals surface area (Å²) in [5.41, 5.74) is 14.1. The van der Waals surface area contributed by atoms with Gasteiger partial charge >= 0.3 is 0 Å². The van der Waals surface area contributed by atoms with Crippen LogP contribution in [-0.2, 0) is 5.41 Å². The van der Waals surface area contributed by atoms with Crippen molar-refractivity contribution in [3.8, 4) is 33.4 Å². The number of benzene rings is 6. The third-order valence-electron chi connectivity index (χ3n) is 8.38. The largest absolute Gasteiger partial charge is 0.0725 e. The highest BCUT2D eigenvalue weighted by atomic mass is 79.9. The molecule has 1 spiro atoms. The van der Waals surface area contributed by atoms with Crippen LogP contribution in [0.1, 0.15) is 27.8 Å². The average Bonchev–Trinajstić information content (AvgIpc) is 3.16. The molecule has 6 aromatic rings. The fourth-order valence-electron chi connectivity index (χ4n) is 6.92. The lowest BCUT2D eigenvalue weighted by Crippen LogP contribution is -2.29. The van der Waals surface area contributed by atoms with Gasteiger partial charge < -0.3 is 0 Å². The molecule has 0 fully saturated rings. The minimum absolute atomic E-state index is 0.423. The van der Waals surface area contributed by atoms with Crippen molar-refractivity contribution in [3.63, 3.8) is 0 Å². The van der Waals surface area contributed by atoms with E-state index in [1.165, 1.54) is 72.0 Å². The van der Waals surface area contributed by atoms with E-state index in [-0.39, 0.29) is 0 Å². The van der Waals surface area contributed by atoms with Crippen LogP contribution in [-0.4, -0.2) is 0 Å². The van der Waals surface area contributed by atoms with Crippen molar-refractivity contribution in [2.75, 3.05) is 0 Å². The maximum Gasteiger partial charge on any atom is 0.0725 e. The molecule has 0 saturated carbocycles. The predicted octanol–water partition coefficient (Wildman–Crippen LogP) is 9.92. The molecule has 174 valence electrons. The molecule has 0 N–H and O–H groups in total. The van der Waals surface area contributed by atoms with Crippen molar-refractivity contribution < 1.29 is 0 Å². The molecular formula is C36H23Br. The second kappa shape index (κ2) is 7.54. The van der Waals surface area contributed by atoms with Crippen molar-refractivity contribution in [1.82, 2.24) is 0 Å². The highest BCUT2D eigenvalue weighted by molar-refractivity contribution is 9.10. The number of hydrogen-bond donors (Lipinski definition) is 0. The topological polar surface area (TPSA) is 0 Å². The smallest absolute Gasteiger partial charge is 0.0619 e. The van der Waals surface area contributed by atoms with E-state index in [1.807, 2.05) is 0 Å². The molecule has 0 heterocycles. The molecule has 6 aromatic carbocycles. The van der Waals surface area contributed by atoms with Crippen LogP contribution in [0.4, 0.5) is 0 Å². The number of hydrogen-bond acceptors (Lipinski definition) is 0. The number of halogens is 1. The van der Waals surface area contributed by atoms with Gasteiger partial charge in [-0.2, -0.15) is 0 Å². The monoisotopic (exact) mass is 534 g/mol. The Morgan fingerprint density at radius 1 is 0.432 bits per heavy atom. The minimum atomic E-state index is -0.423. The highest BCUT2D eigenvalue weighted by Crippen LogP contribution is 2.62. The molecule has 0 radical (unpaired) electrons. The van der Waals surface area contributed by atoms with Gasteiger partial charge in [-0.25, -0.2) is 0 Å². The molecule has 0 saturated heterocycles. The van der Waals surface area contributed by atoms with Gasteiger partial charge in [0, 0.05) is 4.47 Å². The third-order valence-corrected chi connectivity index (χ3v) is 8.88. The molecule has 1 heteroatoms. The van der Waals surface area contributed by atoms with Crippen LogP contribution >= 0.6 is 15.9 Å². The van der Waals surface area contributed by atoms with E-state index >= 15 is 0 Å². The quantitative estimate of drug-likeness (QED) is 0.181. The van der Waals surface area contributed by atoms with Crippen molar-refractivity contribution in [3.05, 3.63) is 154 Å². The van der Waals surface area contributed by atoms with Gasteiger partial charge in [0.05, 0.1) is 5.41 Å². The maximum atomic E-state index is 3.81. The number of aryl methyl sites for hydroxylation is 1. The maximum absolute atomic E-state index is 3.81. The molecule has 0 amide bonds. The average molecular weight is 535 g/mol. The Hall–Kier alpha value is -3.94. The first-order valence-electron chi connectivity index (χ1n) is 12.8. The molecule has 2 aliphatic rings. The molecule has 0 bridgehead atoms. The van der Waals surface area contributed by atoms with Gasteiger partial charge in [0.15, 0.2) is 0 Å². The molecule has 1 atom stereocenters. The van der Waals surface area contributed by atoms with Crippen molar-refractivity contribution in [2.45, 2.75) is 12.3 Å². The molecule has 0 nitrogen and oxygen atoms in total. The molecule has 1 unspecified atom stereocenters. The van der Waals surface area contributed by atoms with Gasteiger partial charge in [-0.1, -0.05) is 119 Å². The fourth-order valence-corrected chi connectivity index (χ4v) is 7.28. The Morgan fingerprint density at radius 3 is 1.73 bits per heavy atom. The van der Waals surface area contributed by atoms with Gasteiger partial charge in [-0.05, 0) is 97.6 Å². The summed E-state index contributed by atoms with van der Waals surface area (Å²) in [7, 11) is 0. The Labute approximate surface area is 225 Å². The lowest BCUT2D eigenvalue weighted by Gasteiger charge is -2.35. The van der Waals surface area contributed by atoms with Gasteiger partial charge in [0.1, 0.15) is 0 Å². The lowest BCUT2D eigenvalue weighted by molar-refractivity contribution is 0.776. The highest BCUT2D eigenvalue weighted by Gasteiger charge is 2.49. The number of rotatable bonds is 0. The van der Waals surface area contributed by atoms with Crippen LogP contribution in [0.3, 0.4) is 0 Å². The zero-order chi connectivity index (χ0) is 24.7. The van der Waals surface area contributed by atoms with Crippen LogP contribution in [0.15, 0.2) is 126 Å². The Kier molecular flexibility index (Phi) is 4.31. The summed E-state index contributed by atoms with van der Waals surface area (Å²) in [4.78, 5) is 0. The molecule has 8 rings (SSSR count). The second-order valence-electron chi connectivity index (χ2n) is 10.3. The number of fused-ring (bicyclic) bond motifs is 13. The first-order valence-corrected chi connectivity index (χ1v) is 13.6. The predicted molar refractivity (Wildman–Crippen MR) is 158 cm³/mol. The first kappa shape index (κ1) is 21.2. The summed E-state index contributed by atoms with van der Waals surface area (Å²) < 4.78 is 1.10. The van der Waals surface area contributed by atoms with E-state index in [1.54, 1.807) is 0 Å². The summed E-state index contributed by atoms with van der Waals surface area (Å²) in [6.07, 6.45) is 0. The zero-order valence-corrected chi connectivity index (χ0v) is 22.0. The van der Waals surface area contributed by atoms with Crippen molar-refractivity contribution in [1.29, 1.82) is 0 Å². The first-order chi connectivity index (χ1) is 18.2. The van der Waals surface area contributed by atoms with Crippen LogP contribution < -0.4 is 0 Å². The molecular weight excluding hydrogens is 512 g/mol. The van der Waals surface area contributed by atoms with E-state index in [0.717, 1.165) is 4.47 Å². The van der Waals surface area contributed by atoms with E-state index in [0.29, 0.717) is 0 Å². The van der Waals surface area contributed by atoms with E-state index in [9.17, 15) is 0 Å². The molecule has 0 aromatic heterocycles. The van der Waals surface area contributed by atoms with Gasteiger partial charge in [-0.15, -0.1) is 0 Å². The summed E-state index contributed by atoms with van der Waals surface area (Å²) in [6.45, 7) is 2.20. The van der Waals surface area contributed by atoms with Gasteiger partial charge in [0.25, 0.3) is 0 Å². The van der Waals surface area contributed by atoms with E-state index in [4.69, 9.17) is 0 Å². The molecule has 2 aliphatic carbocycles. The Morgan fingerprint density at radius 2 is 0.973 bits per heavy atom. The van der Waals surface area contributed by atoms with Crippen molar-refractivity contribution in [2.24, 2.45) is 0 Å². The second-order valence-corrected chi connectivity index (χ2v) is 11.2. The van der Waals surface area contributed by atoms with E-state index in [2.05, 4.69) is 144 Å². The van der Waals surface area contributed by atoms with Crippen LogP contribution in [0.25, 0.3) is 44.2 Å². The summed E-state index contributed by atoms with van der Waals surface area (Å²) in [5, 5.41) is 2.56. The standard InChI is InChI=1S/C36H23Br/c1-22-14-16-33-29(18-22)26-10-4-5-11-27(26)31-21-25(37)15-17-34(31)36(33)32-13-7-6-12-28(32)30-19-23-8-2-3-9-24(23)20-35(30)36/h2-21H,1H3. The van der Waals surface area contributed by atoms with Crippen LogP contribution in [0.2, 0.25) is 0 Å². The Bertz CT molecular complexity index is 1840. The zero-order valence-electron chi connectivity index (χ0n) is 20.4. The SMILES string of the molecule is Cc1ccc2c(c1)-c1ccccc1-c1cc(Br)ccc1C21c2ccccc2-c2cc3ccccc3cc21. The van der Waals surface area contributed by atoms with Gasteiger partial charge in [0.2, 0.25) is 0 Å².